The number of methoxy groups -OCH3 is 3. The number of rotatable bonds is 6. The number of carbonyl (C=O) groups excluding carboxylic acids is 1. The Morgan fingerprint density at radius 1 is 1.15 bits per heavy atom. The normalized spacial score (nSPS) is 11.0. The minimum atomic E-state index is -2.46. The molecule has 0 heterocycles. The van der Waals surface area contributed by atoms with Gasteiger partial charge in [0.1, 0.15) is 0 Å². The van der Waals surface area contributed by atoms with Crippen LogP contribution in [0.4, 0.5) is 0 Å². The zero-order valence-electron chi connectivity index (χ0n) is 11.6. The van der Waals surface area contributed by atoms with Gasteiger partial charge in [0.15, 0.2) is 17.4 Å². The number of hydrogen-bond donors (Lipinski definition) is 0. The summed E-state index contributed by atoms with van der Waals surface area (Å²) >= 11 is -2.46. The van der Waals surface area contributed by atoms with Crippen molar-refractivity contribution in [2.24, 2.45) is 0 Å². The molecule has 9 heteroatoms. The van der Waals surface area contributed by atoms with Crippen molar-refractivity contribution in [1.29, 1.82) is 0 Å². The molecule has 106 valence electrons. The Morgan fingerprint density at radius 2 is 1.65 bits per heavy atom. The quantitative estimate of drug-likeness (QED) is 0.331. The SMILES string of the molecule is COc1cc(C(=O)OCS(=O)[O-])cc(OC)c1OC.[Na+]. The molecule has 0 bridgehead atoms. The summed E-state index contributed by atoms with van der Waals surface area (Å²) in [4.78, 5) is 11.6. The van der Waals surface area contributed by atoms with Crippen LogP contribution < -0.4 is 43.8 Å². The monoisotopic (exact) mass is 312 g/mol. The molecule has 1 aromatic carbocycles. The summed E-state index contributed by atoms with van der Waals surface area (Å²) in [5.74, 6) is -0.637. The predicted molar refractivity (Wildman–Crippen MR) is 65.3 cm³/mol. The largest absolute Gasteiger partial charge is 1.00 e. The maximum atomic E-state index is 11.6. The first-order chi connectivity index (χ1) is 9.03. The van der Waals surface area contributed by atoms with Gasteiger partial charge in [0.25, 0.3) is 0 Å². The summed E-state index contributed by atoms with van der Waals surface area (Å²) in [6, 6.07) is 2.74. The van der Waals surface area contributed by atoms with E-state index in [9.17, 15) is 13.6 Å². The molecule has 0 aromatic heterocycles. The third-order valence-electron chi connectivity index (χ3n) is 2.19. The molecule has 20 heavy (non-hydrogen) atoms. The van der Waals surface area contributed by atoms with E-state index in [1.807, 2.05) is 0 Å². The summed E-state index contributed by atoms with van der Waals surface area (Å²) in [6.07, 6.45) is 0. The summed E-state index contributed by atoms with van der Waals surface area (Å²) in [5, 5.41) is 0. The van der Waals surface area contributed by atoms with E-state index in [0.717, 1.165) is 0 Å². The van der Waals surface area contributed by atoms with E-state index < -0.39 is 23.0 Å². The van der Waals surface area contributed by atoms with Crippen molar-refractivity contribution < 1.29 is 62.1 Å². The van der Waals surface area contributed by atoms with Crippen LogP contribution in [0.15, 0.2) is 12.1 Å². The van der Waals surface area contributed by atoms with Crippen LogP contribution in [0.5, 0.6) is 17.2 Å². The molecule has 0 aliphatic heterocycles. The molecule has 0 saturated heterocycles. The maximum absolute atomic E-state index is 11.6. The van der Waals surface area contributed by atoms with E-state index >= 15 is 0 Å². The van der Waals surface area contributed by atoms with E-state index in [-0.39, 0.29) is 46.6 Å². The summed E-state index contributed by atoms with van der Waals surface area (Å²) in [5.41, 5.74) is 0.0972. The van der Waals surface area contributed by atoms with Crippen LogP contribution in [0.3, 0.4) is 0 Å². The van der Waals surface area contributed by atoms with Gasteiger partial charge in [-0.2, -0.15) is 0 Å². The van der Waals surface area contributed by atoms with Crippen molar-refractivity contribution in [2.45, 2.75) is 0 Å². The number of carbonyl (C=O) groups is 1. The number of ether oxygens (including phenoxy) is 4. The molecule has 1 atom stereocenters. The molecule has 7 nitrogen and oxygen atoms in total. The van der Waals surface area contributed by atoms with Gasteiger partial charge < -0.3 is 23.5 Å². The van der Waals surface area contributed by atoms with Crippen LogP contribution in [0.1, 0.15) is 10.4 Å². The molecule has 1 rings (SSSR count). The number of benzene rings is 1. The minimum absolute atomic E-state index is 0. The summed E-state index contributed by atoms with van der Waals surface area (Å²) < 4.78 is 40.4. The van der Waals surface area contributed by atoms with Gasteiger partial charge in [0.05, 0.1) is 26.9 Å². The molecule has 0 N–H and O–H groups in total. The van der Waals surface area contributed by atoms with E-state index in [1.54, 1.807) is 0 Å². The zero-order valence-corrected chi connectivity index (χ0v) is 14.4. The van der Waals surface area contributed by atoms with Gasteiger partial charge in [-0.15, -0.1) is 0 Å². The topological polar surface area (TPSA) is 94.1 Å². The first-order valence-corrected chi connectivity index (χ1v) is 6.30. The van der Waals surface area contributed by atoms with Crippen LogP contribution >= 0.6 is 0 Å². The fraction of sp³-hybridized carbons (Fsp3) is 0.364. The van der Waals surface area contributed by atoms with Gasteiger partial charge in [-0.1, -0.05) is 0 Å². The maximum Gasteiger partial charge on any atom is 1.00 e. The van der Waals surface area contributed by atoms with Crippen molar-refractivity contribution >= 4 is 17.0 Å². The van der Waals surface area contributed by atoms with Crippen LogP contribution in [-0.2, 0) is 15.8 Å². The molecular weight excluding hydrogens is 299 g/mol. The molecule has 0 fully saturated rings. The van der Waals surface area contributed by atoms with E-state index in [1.165, 1.54) is 33.5 Å². The molecule has 0 aliphatic rings. The Hall–Kier alpha value is -0.800. The minimum Gasteiger partial charge on any atom is -0.770 e. The van der Waals surface area contributed by atoms with E-state index in [2.05, 4.69) is 4.74 Å². The Morgan fingerprint density at radius 3 is 2.00 bits per heavy atom. The fourth-order valence-electron chi connectivity index (χ4n) is 1.38. The molecule has 1 unspecified atom stereocenters. The fourth-order valence-corrected chi connectivity index (χ4v) is 1.59. The predicted octanol–water partition coefficient (Wildman–Crippen LogP) is -2.29. The Kier molecular flexibility index (Phi) is 8.83. The van der Waals surface area contributed by atoms with Gasteiger partial charge in [-0.05, 0) is 23.2 Å². The van der Waals surface area contributed by atoms with Crippen molar-refractivity contribution in [1.82, 2.24) is 0 Å². The van der Waals surface area contributed by atoms with Gasteiger partial charge in [-0.3, -0.25) is 4.21 Å². The molecule has 0 saturated carbocycles. The van der Waals surface area contributed by atoms with Crippen LogP contribution in [0, 0.1) is 0 Å². The van der Waals surface area contributed by atoms with Crippen molar-refractivity contribution in [2.75, 3.05) is 27.3 Å². The average molecular weight is 312 g/mol. The van der Waals surface area contributed by atoms with Crippen LogP contribution in [0.25, 0.3) is 0 Å². The van der Waals surface area contributed by atoms with Crippen LogP contribution in [-0.4, -0.2) is 42.0 Å². The summed E-state index contributed by atoms with van der Waals surface area (Å²) in [7, 11) is 4.23. The summed E-state index contributed by atoms with van der Waals surface area (Å²) in [6.45, 7) is 0. The molecule has 0 radical (unpaired) electrons. The van der Waals surface area contributed by atoms with E-state index in [0.29, 0.717) is 5.75 Å². The zero-order chi connectivity index (χ0) is 14.4. The molecule has 0 aliphatic carbocycles. The van der Waals surface area contributed by atoms with Crippen molar-refractivity contribution in [3.05, 3.63) is 17.7 Å². The molecular formula is C11H13NaO7S. The van der Waals surface area contributed by atoms with Crippen molar-refractivity contribution in [3.63, 3.8) is 0 Å². The van der Waals surface area contributed by atoms with Gasteiger partial charge in [-0.25, -0.2) is 4.79 Å². The number of hydrogen-bond acceptors (Lipinski definition) is 7. The first-order valence-electron chi connectivity index (χ1n) is 5.06. The third-order valence-corrected chi connectivity index (χ3v) is 2.50. The van der Waals surface area contributed by atoms with Gasteiger partial charge in [0.2, 0.25) is 5.75 Å². The Balaban J connectivity index is 0.00000361. The Bertz CT molecular complexity index is 467. The smallest absolute Gasteiger partial charge is 0.770 e. The second-order valence-corrected chi connectivity index (χ2v) is 4.11. The first kappa shape index (κ1) is 19.2. The second kappa shape index (κ2) is 9.19. The molecule has 1 aromatic rings. The second-order valence-electron chi connectivity index (χ2n) is 3.27. The number of esters is 1. The van der Waals surface area contributed by atoms with Gasteiger partial charge in [0, 0.05) is 0 Å². The third kappa shape index (κ3) is 4.95. The molecule has 0 amide bonds. The van der Waals surface area contributed by atoms with Crippen molar-refractivity contribution in [3.8, 4) is 17.2 Å². The standard InChI is InChI=1S/C11H14O7S.Na/c1-15-8-4-7(11(12)18-6-19(13)14)5-9(16-2)10(8)17-3;/h4-5H,6H2,1-3H3,(H,13,14);/q;+1/p-1. The average Bonchev–Trinajstić information content (AvgIpc) is 2.42. The molecule has 0 spiro atoms. The van der Waals surface area contributed by atoms with Crippen LogP contribution in [0.2, 0.25) is 0 Å². The Labute approximate surface area is 141 Å². The van der Waals surface area contributed by atoms with Gasteiger partial charge >= 0.3 is 35.5 Å². The van der Waals surface area contributed by atoms with E-state index in [4.69, 9.17) is 14.2 Å².